The first-order valence-corrected chi connectivity index (χ1v) is 7.37. The second-order valence-electron chi connectivity index (χ2n) is 5.33. The number of nitrogens with zero attached hydrogens (tertiary/aromatic N) is 4. The highest BCUT2D eigenvalue weighted by Gasteiger charge is 2.36. The van der Waals surface area contributed by atoms with Crippen LogP contribution >= 0.6 is 0 Å². The Hall–Kier alpha value is -2.75. The summed E-state index contributed by atoms with van der Waals surface area (Å²) in [5.41, 5.74) is 4.40. The Bertz CT molecular complexity index is 770. The van der Waals surface area contributed by atoms with Crippen LogP contribution in [-0.4, -0.2) is 46.7 Å². The van der Waals surface area contributed by atoms with E-state index in [1.807, 2.05) is 0 Å². The van der Waals surface area contributed by atoms with Crippen molar-refractivity contribution in [3.05, 3.63) is 36.2 Å². The Balaban J connectivity index is 2.10. The van der Waals surface area contributed by atoms with Gasteiger partial charge in [0, 0.05) is 18.8 Å². The van der Waals surface area contributed by atoms with E-state index in [1.165, 1.54) is 17.2 Å². The van der Waals surface area contributed by atoms with Crippen molar-refractivity contribution in [3.63, 3.8) is 0 Å². The highest BCUT2D eigenvalue weighted by atomic mass is 19.4. The van der Waals surface area contributed by atoms with Crippen LogP contribution in [0.2, 0.25) is 0 Å². The molecule has 0 aliphatic carbocycles. The lowest BCUT2D eigenvalue weighted by molar-refractivity contribution is -0.141. The number of hydrogen-bond donors (Lipinski definition) is 1. The van der Waals surface area contributed by atoms with Gasteiger partial charge in [0.15, 0.2) is 11.5 Å². The topological polar surface area (TPSA) is 94.2 Å². The molecule has 1 aliphatic rings. The fourth-order valence-corrected chi connectivity index (χ4v) is 2.45. The van der Waals surface area contributed by atoms with Crippen molar-refractivity contribution in [2.75, 3.05) is 24.7 Å². The van der Waals surface area contributed by atoms with E-state index in [9.17, 15) is 18.0 Å². The van der Waals surface area contributed by atoms with Gasteiger partial charge >= 0.3 is 6.18 Å². The van der Waals surface area contributed by atoms with E-state index in [0.29, 0.717) is 0 Å². The number of ether oxygens (including phenoxy) is 1. The molecular formula is C15H14F3N5O2. The van der Waals surface area contributed by atoms with Crippen LogP contribution in [0.4, 0.5) is 19.0 Å². The number of carbonyl (C=O) groups excluding carboxylic acids is 1. The van der Waals surface area contributed by atoms with Gasteiger partial charge in [-0.3, -0.25) is 9.78 Å². The molecule has 132 valence electrons. The van der Waals surface area contributed by atoms with Gasteiger partial charge in [0.1, 0.15) is 17.6 Å². The Kier molecular flexibility index (Phi) is 4.53. The van der Waals surface area contributed by atoms with Crippen molar-refractivity contribution in [1.29, 1.82) is 0 Å². The first-order valence-electron chi connectivity index (χ1n) is 7.37. The van der Waals surface area contributed by atoms with Gasteiger partial charge in [-0.1, -0.05) is 6.07 Å². The van der Waals surface area contributed by atoms with Crippen molar-refractivity contribution in [2.24, 2.45) is 5.73 Å². The first kappa shape index (κ1) is 17.1. The second-order valence-corrected chi connectivity index (χ2v) is 5.33. The van der Waals surface area contributed by atoms with E-state index in [4.69, 9.17) is 10.5 Å². The summed E-state index contributed by atoms with van der Waals surface area (Å²) in [7, 11) is 0. The van der Waals surface area contributed by atoms with Crippen LogP contribution in [0.3, 0.4) is 0 Å². The molecule has 2 aromatic rings. The fraction of sp³-hybridized carbons (Fsp3) is 0.333. The number of amides is 1. The molecule has 1 aliphatic heterocycles. The van der Waals surface area contributed by atoms with E-state index in [0.717, 1.165) is 6.07 Å². The van der Waals surface area contributed by atoms with Gasteiger partial charge in [0.05, 0.1) is 13.2 Å². The summed E-state index contributed by atoms with van der Waals surface area (Å²) in [6.07, 6.45) is -3.24. The maximum atomic E-state index is 13.2. The average Bonchev–Trinajstić information content (AvgIpc) is 2.61. The normalized spacial score (nSPS) is 18.2. The largest absolute Gasteiger partial charge is 0.433 e. The molecule has 0 radical (unpaired) electrons. The molecule has 1 unspecified atom stereocenters. The predicted octanol–water partition coefficient (Wildman–Crippen LogP) is 1.25. The van der Waals surface area contributed by atoms with Crippen LogP contribution in [-0.2, 0) is 15.7 Å². The van der Waals surface area contributed by atoms with Gasteiger partial charge < -0.3 is 15.4 Å². The maximum Gasteiger partial charge on any atom is 0.433 e. The summed E-state index contributed by atoms with van der Waals surface area (Å²) in [4.78, 5) is 24.7. The monoisotopic (exact) mass is 353 g/mol. The molecule has 3 heterocycles. The number of rotatable bonds is 3. The Morgan fingerprint density at radius 1 is 1.32 bits per heavy atom. The Morgan fingerprint density at radius 2 is 2.12 bits per heavy atom. The van der Waals surface area contributed by atoms with Crippen LogP contribution < -0.4 is 10.6 Å². The second kappa shape index (κ2) is 6.63. The zero-order chi connectivity index (χ0) is 18.0. The Morgan fingerprint density at radius 3 is 2.76 bits per heavy atom. The SMILES string of the molecule is NC(=O)C1COCCN1c1cc(C(F)(F)F)nc(-c2ccccn2)n1. The van der Waals surface area contributed by atoms with Crippen LogP contribution in [0, 0.1) is 0 Å². The van der Waals surface area contributed by atoms with Crippen molar-refractivity contribution in [2.45, 2.75) is 12.2 Å². The van der Waals surface area contributed by atoms with Crippen LogP contribution in [0.5, 0.6) is 0 Å². The molecule has 0 spiro atoms. The third kappa shape index (κ3) is 3.68. The lowest BCUT2D eigenvalue weighted by Gasteiger charge is -2.34. The van der Waals surface area contributed by atoms with E-state index < -0.39 is 23.8 Å². The molecule has 1 amide bonds. The van der Waals surface area contributed by atoms with Crippen molar-refractivity contribution in [1.82, 2.24) is 15.0 Å². The number of primary amides is 1. The number of aromatic nitrogens is 3. The van der Waals surface area contributed by atoms with Gasteiger partial charge in [0.2, 0.25) is 5.91 Å². The number of carbonyl (C=O) groups is 1. The quantitative estimate of drug-likeness (QED) is 0.892. The molecule has 1 saturated heterocycles. The predicted molar refractivity (Wildman–Crippen MR) is 81.4 cm³/mol. The molecule has 0 saturated carbocycles. The zero-order valence-electron chi connectivity index (χ0n) is 12.9. The molecule has 1 atom stereocenters. The van der Waals surface area contributed by atoms with Gasteiger partial charge in [-0.25, -0.2) is 9.97 Å². The summed E-state index contributed by atoms with van der Waals surface area (Å²) in [5, 5.41) is 0. The third-order valence-electron chi connectivity index (χ3n) is 3.65. The number of pyridine rings is 1. The van der Waals surface area contributed by atoms with Gasteiger partial charge in [-0.2, -0.15) is 13.2 Å². The molecule has 2 N–H and O–H groups in total. The Labute approximate surface area is 140 Å². The number of hydrogen-bond acceptors (Lipinski definition) is 6. The molecule has 3 rings (SSSR count). The maximum absolute atomic E-state index is 13.2. The fourth-order valence-electron chi connectivity index (χ4n) is 2.45. The lowest BCUT2D eigenvalue weighted by atomic mass is 10.2. The minimum atomic E-state index is -4.67. The van der Waals surface area contributed by atoms with Gasteiger partial charge in [-0.05, 0) is 12.1 Å². The van der Waals surface area contributed by atoms with Gasteiger partial charge in [-0.15, -0.1) is 0 Å². The number of morpholine rings is 1. The zero-order valence-corrected chi connectivity index (χ0v) is 12.9. The van der Waals surface area contributed by atoms with E-state index in [2.05, 4.69) is 15.0 Å². The molecule has 2 aromatic heterocycles. The first-order chi connectivity index (χ1) is 11.9. The third-order valence-corrected chi connectivity index (χ3v) is 3.65. The minimum Gasteiger partial charge on any atom is -0.377 e. The summed E-state index contributed by atoms with van der Waals surface area (Å²) >= 11 is 0. The van der Waals surface area contributed by atoms with Crippen molar-refractivity contribution >= 4 is 11.7 Å². The number of anilines is 1. The molecule has 1 fully saturated rings. The average molecular weight is 353 g/mol. The van der Waals surface area contributed by atoms with E-state index in [1.54, 1.807) is 12.1 Å². The van der Waals surface area contributed by atoms with Crippen LogP contribution in [0.25, 0.3) is 11.5 Å². The molecule has 0 aromatic carbocycles. The van der Waals surface area contributed by atoms with Crippen LogP contribution in [0.15, 0.2) is 30.5 Å². The number of alkyl halides is 3. The highest BCUT2D eigenvalue weighted by molar-refractivity contribution is 5.83. The summed E-state index contributed by atoms with van der Waals surface area (Å²) in [6.45, 7) is 0.414. The molecule has 25 heavy (non-hydrogen) atoms. The lowest BCUT2D eigenvalue weighted by Crippen LogP contribution is -2.53. The molecule has 7 nitrogen and oxygen atoms in total. The minimum absolute atomic E-state index is 0.0143. The highest BCUT2D eigenvalue weighted by Crippen LogP contribution is 2.32. The summed E-state index contributed by atoms with van der Waals surface area (Å²) in [6, 6.07) is 4.65. The molecule has 10 heteroatoms. The van der Waals surface area contributed by atoms with Crippen molar-refractivity contribution in [3.8, 4) is 11.5 Å². The molecule has 0 bridgehead atoms. The van der Waals surface area contributed by atoms with Crippen molar-refractivity contribution < 1.29 is 22.7 Å². The standard InChI is InChI=1S/C15H14F3N5O2/c16-15(17,18)11-7-12(23-5-6-25-8-10(23)13(19)24)22-14(21-11)9-3-1-2-4-20-9/h1-4,7,10H,5-6,8H2,(H2,19,24). The van der Waals surface area contributed by atoms with Crippen LogP contribution in [0.1, 0.15) is 5.69 Å². The van der Waals surface area contributed by atoms with E-state index in [-0.39, 0.29) is 37.1 Å². The summed E-state index contributed by atoms with van der Waals surface area (Å²) in [5.74, 6) is -0.929. The summed E-state index contributed by atoms with van der Waals surface area (Å²) < 4.78 is 44.9. The number of nitrogens with two attached hydrogens (primary N) is 1. The van der Waals surface area contributed by atoms with E-state index >= 15 is 0 Å². The molecular weight excluding hydrogens is 339 g/mol. The smallest absolute Gasteiger partial charge is 0.377 e. The number of halogens is 3. The van der Waals surface area contributed by atoms with Gasteiger partial charge in [0.25, 0.3) is 0 Å².